The number of carbonyl (C=O) groups is 2. The van der Waals surface area contributed by atoms with Crippen LogP contribution in [-0.2, 0) is 14.4 Å². The summed E-state index contributed by atoms with van der Waals surface area (Å²) in [5.41, 5.74) is 1.58. The second-order valence-corrected chi connectivity index (χ2v) is 6.36. The van der Waals surface area contributed by atoms with Crippen LogP contribution in [0.1, 0.15) is 11.6 Å². The number of fused-ring (bicyclic) bond motifs is 1. The summed E-state index contributed by atoms with van der Waals surface area (Å²) in [5, 5.41) is 4.56. The highest BCUT2D eigenvalue weighted by atomic mass is 35.5. The Morgan fingerprint density at radius 3 is 2.36 bits per heavy atom. The maximum absolute atomic E-state index is 12.3. The van der Waals surface area contributed by atoms with Crippen LogP contribution >= 0.6 is 11.6 Å². The number of benzene rings is 2. The second-order valence-electron chi connectivity index (χ2n) is 5.93. The van der Waals surface area contributed by atoms with Gasteiger partial charge in [-0.2, -0.15) is 0 Å². The zero-order valence-corrected chi connectivity index (χ0v) is 14.1. The fourth-order valence-electron chi connectivity index (χ4n) is 3.29. The highest BCUT2D eigenvalue weighted by molar-refractivity contribution is 6.30. The van der Waals surface area contributed by atoms with Crippen LogP contribution in [0.5, 0.6) is 5.75 Å². The van der Waals surface area contributed by atoms with Gasteiger partial charge in [-0.25, -0.2) is 5.06 Å². The third-order valence-corrected chi connectivity index (χ3v) is 4.74. The highest BCUT2D eigenvalue weighted by Gasteiger charge is 2.56. The molecule has 0 unspecified atom stereocenters. The molecule has 0 radical (unpaired) electrons. The molecule has 0 saturated carbocycles. The van der Waals surface area contributed by atoms with Crippen molar-refractivity contribution in [3.8, 4) is 5.75 Å². The molecule has 0 aliphatic carbocycles. The molecule has 2 aliphatic rings. The number of imide groups is 1. The van der Waals surface area contributed by atoms with Gasteiger partial charge in [0.15, 0.2) is 6.10 Å². The van der Waals surface area contributed by atoms with Crippen LogP contribution in [0.4, 0.5) is 5.69 Å². The number of halogens is 1. The molecule has 2 aromatic carbocycles. The number of hydroxylamine groups is 1. The highest BCUT2D eigenvalue weighted by Crippen LogP contribution is 2.44. The smallest absolute Gasteiger partial charge is 0.259 e. The molecule has 6 nitrogen and oxygen atoms in total. The van der Waals surface area contributed by atoms with Crippen LogP contribution in [0.3, 0.4) is 0 Å². The lowest BCUT2D eigenvalue weighted by atomic mass is 9.90. The number of amides is 2. The normalized spacial score (nSPS) is 25.0. The monoisotopic (exact) mass is 358 g/mol. The molecule has 0 spiro atoms. The maximum Gasteiger partial charge on any atom is 0.259 e. The molecule has 2 aromatic rings. The SMILES string of the molecule is COc1ccc([C@H]2[C@H]3C(=O)NC(=O)[C@@H]3ON2c2ccc(Cl)cc2)cc1. The summed E-state index contributed by atoms with van der Waals surface area (Å²) in [4.78, 5) is 30.2. The number of ether oxygens (including phenoxy) is 1. The molecule has 3 atom stereocenters. The number of methoxy groups -OCH3 is 1. The number of rotatable bonds is 3. The largest absolute Gasteiger partial charge is 0.497 e. The predicted octanol–water partition coefficient (Wildman–Crippen LogP) is 2.48. The fraction of sp³-hybridized carbons (Fsp3) is 0.222. The molecule has 2 heterocycles. The fourth-order valence-corrected chi connectivity index (χ4v) is 3.41. The summed E-state index contributed by atoms with van der Waals surface area (Å²) in [6.45, 7) is 0. The minimum Gasteiger partial charge on any atom is -0.497 e. The van der Waals surface area contributed by atoms with E-state index >= 15 is 0 Å². The Hall–Kier alpha value is -2.57. The van der Waals surface area contributed by atoms with Gasteiger partial charge in [0.25, 0.3) is 5.91 Å². The first-order valence-corrected chi connectivity index (χ1v) is 8.16. The van der Waals surface area contributed by atoms with Crippen LogP contribution < -0.4 is 15.1 Å². The van der Waals surface area contributed by atoms with E-state index in [1.165, 1.54) is 0 Å². The minimum absolute atomic E-state index is 0.327. The third-order valence-electron chi connectivity index (χ3n) is 4.49. The average Bonchev–Trinajstić information content (AvgIpc) is 3.14. The van der Waals surface area contributed by atoms with Crippen molar-refractivity contribution in [2.75, 3.05) is 12.2 Å². The molecule has 7 heteroatoms. The van der Waals surface area contributed by atoms with E-state index in [0.717, 1.165) is 11.3 Å². The van der Waals surface area contributed by atoms with Crippen molar-refractivity contribution in [2.24, 2.45) is 5.92 Å². The van der Waals surface area contributed by atoms with Gasteiger partial charge in [-0.3, -0.25) is 19.7 Å². The quantitative estimate of drug-likeness (QED) is 0.854. The van der Waals surface area contributed by atoms with Crippen molar-refractivity contribution in [1.82, 2.24) is 5.32 Å². The first kappa shape index (κ1) is 15.9. The Balaban J connectivity index is 1.77. The number of nitrogens with one attached hydrogen (secondary N) is 1. The van der Waals surface area contributed by atoms with Crippen LogP contribution in [0, 0.1) is 5.92 Å². The van der Waals surface area contributed by atoms with Gasteiger partial charge in [-0.05, 0) is 42.0 Å². The summed E-state index contributed by atoms with van der Waals surface area (Å²) in [6.07, 6.45) is -0.838. The maximum atomic E-state index is 12.3. The Labute approximate surface area is 149 Å². The summed E-state index contributed by atoms with van der Waals surface area (Å²) in [5.74, 6) is -0.641. The van der Waals surface area contributed by atoms with E-state index < -0.39 is 24.0 Å². The molecule has 0 aromatic heterocycles. The molecule has 25 heavy (non-hydrogen) atoms. The standard InChI is InChI=1S/C18H15ClN2O4/c1-24-13-8-2-10(3-9-13)15-14-16(18(23)20-17(14)22)25-21(15)12-6-4-11(19)5-7-12/h2-9,14-16H,1H3,(H,20,22,23)/t14-,15+,16-/m1/s1. The van der Waals surface area contributed by atoms with Crippen molar-refractivity contribution in [3.05, 3.63) is 59.1 Å². The van der Waals surface area contributed by atoms with Gasteiger partial charge in [0.2, 0.25) is 5.91 Å². The summed E-state index contributed by atoms with van der Waals surface area (Å²) in [7, 11) is 1.59. The van der Waals surface area contributed by atoms with E-state index in [2.05, 4.69) is 5.32 Å². The lowest BCUT2D eigenvalue weighted by Gasteiger charge is -2.27. The van der Waals surface area contributed by atoms with Crippen molar-refractivity contribution < 1.29 is 19.2 Å². The molecule has 2 saturated heterocycles. The molecule has 2 amide bonds. The van der Waals surface area contributed by atoms with Gasteiger partial charge < -0.3 is 4.74 Å². The predicted molar refractivity (Wildman–Crippen MR) is 91.2 cm³/mol. The van der Waals surface area contributed by atoms with E-state index in [1.54, 1.807) is 36.4 Å². The van der Waals surface area contributed by atoms with Crippen molar-refractivity contribution in [1.29, 1.82) is 0 Å². The van der Waals surface area contributed by atoms with Gasteiger partial charge in [0.1, 0.15) is 11.7 Å². The lowest BCUT2D eigenvalue weighted by molar-refractivity contribution is -0.129. The Kier molecular flexibility index (Phi) is 3.86. The average molecular weight is 359 g/mol. The molecule has 128 valence electrons. The van der Waals surface area contributed by atoms with Crippen LogP contribution in [0.25, 0.3) is 0 Å². The van der Waals surface area contributed by atoms with Gasteiger partial charge >= 0.3 is 0 Å². The first-order chi connectivity index (χ1) is 12.1. The van der Waals surface area contributed by atoms with Crippen LogP contribution in [-0.4, -0.2) is 25.0 Å². The molecular formula is C18H15ClN2O4. The van der Waals surface area contributed by atoms with Crippen molar-refractivity contribution >= 4 is 29.1 Å². The molecule has 0 bridgehead atoms. The van der Waals surface area contributed by atoms with Gasteiger partial charge in [-0.15, -0.1) is 0 Å². The van der Waals surface area contributed by atoms with Gasteiger partial charge in [-0.1, -0.05) is 23.7 Å². The van der Waals surface area contributed by atoms with Crippen molar-refractivity contribution in [3.63, 3.8) is 0 Å². The Morgan fingerprint density at radius 2 is 1.72 bits per heavy atom. The molecule has 2 aliphatic heterocycles. The van der Waals surface area contributed by atoms with E-state index in [9.17, 15) is 9.59 Å². The summed E-state index contributed by atoms with van der Waals surface area (Å²) in [6, 6.07) is 14.0. The molecular weight excluding hydrogens is 344 g/mol. The molecule has 4 rings (SSSR count). The second kappa shape index (κ2) is 6.06. The zero-order chi connectivity index (χ0) is 17.6. The minimum atomic E-state index is -0.838. The number of hydrogen-bond acceptors (Lipinski definition) is 5. The zero-order valence-electron chi connectivity index (χ0n) is 13.3. The van der Waals surface area contributed by atoms with Crippen molar-refractivity contribution in [2.45, 2.75) is 12.1 Å². The van der Waals surface area contributed by atoms with Gasteiger partial charge in [0, 0.05) is 5.02 Å². The van der Waals surface area contributed by atoms with Gasteiger partial charge in [0.05, 0.1) is 18.8 Å². The topological polar surface area (TPSA) is 67.9 Å². The Morgan fingerprint density at radius 1 is 1.04 bits per heavy atom. The number of carbonyl (C=O) groups excluding carboxylic acids is 2. The lowest BCUT2D eigenvalue weighted by Crippen LogP contribution is -2.33. The molecule has 1 N–H and O–H groups in total. The number of anilines is 1. The van der Waals surface area contributed by atoms with Crippen LogP contribution in [0.2, 0.25) is 5.02 Å². The van der Waals surface area contributed by atoms with E-state index in [0.29, 0.717) is 10.8 Å². The molecule has 2 fully saturated rings. The summed E-state index contributed by atoms with van der Waals surface area (Å²) < 4.78 is 5.19. The summed E-state index contributed by atoms with van der Waals surface area (Å²) >= 11 is 5.96. The first-order valence-electron chi connectivity index (χ1n) is 7.79. The van der Waals surface area contributed by atoms with E-state index in [4.69, 9.17) is 21.2 Å². The Bertz CT molecular complexity index is 822. The van der Waals surface area contributed by atoms with Crippen LogP contribution in [0.15, 0.2) is 48.5 Å². The number of hydrogen-bond donors (Lipinski definition) is 1. The number of nitrogens with zero attached hydrogens (tertiary/aromatic N) is 1. The van der Waals surface area contributed by atoms with E-state index in [-0.39, 0.29) is 5.91 Å². The van der Waals surface area contributed by atoms with E-state index in [1.807, 2.05) is 24.3 Å². The third kappa shape index (κ3) is 2.63.